The Kier molecular flexibility index (Phi) is 2.10. The minimum atomic E-state index is -0.865. The smallest absolute Gasteiger partial charge is 0.322 e. The number of benzene rings is 1. The van der Waals surface area contributed by atoms with Crippen LogP contribution in [0.5, 0.6) is 0 Å². The second-order valence-electron chi connectivity index (χ2n) is 3.00. The van der Waals surface area contributed by atoms with Crippen molar-refractivity contribution in [2.75, 3.05) is 11.9 Å². The summed E-state index contributed by atoms with van der Waals surface area (Å²) in [6.07, 6.45) is 1.77. The van der Waals surface area contributed by atoms with E-state index in [-0.39, 0.29) is 6.54 Å². The second kappa shape index (κ2) is 3.41. The molecule has 0 aliphatic heterocycles. The maximum atomic E-state index is 10.4. The Morgan fingerprint density at radius 1 is 1.43 bits per heavy atom. The number of aromatic nitrogens is 1. The Labute approximate surface area is 80.6 Å². The molecule has 0 unspecified atom stereocenters. The molecule has 0 amide bonds. The van der Waals surface area contributed by atoms with Crippen LogP contribution in [0.15, 0.2) is 30.5 Å². The first kappa shape index (κ1) is 8.62. The predicted octanol–water partition coefficient (Wildman–Crippen LogP) is 1.66. The van der Waals surface area contributed by atoms with Gasteiger partial charge in [-0.2, -0.15) is 0 Å². The summed E-state index contributed by atoms with van der Waals surface area (Å²) in [5, 5.41) is 12.4. The molecule has 3 N–H and O–H groups in total. The molecule has 1 aromatic heterocycles. The molecule has 14 heavy (non-hydrogen) atoms. The number of carbonyl (C=O) groups is 1. The lowest BCUT2D eigenvalue weighted by Crippen LogP contribution is -2.11. The van der Waals surface area contributed by atoms with Crippen LogP contribution in [0.4, 0.5) is 5.69 Å². The molecule has 0 spiro atoms. The Morgan fingerprint density at radius 3 is 3.00 bits per heavy atom. The van der Waals surface area contributed by atoms with E-state index < -0.39 is 5.97 Å². The van der Waals surface area contributed by atoms with Crippen LogP contribution >= 0.6 is 0 Å². The van der Waals surface area contributed by atoms with Gasteiger partial charge in [-0.15, -0.1) is 0 Å². The zero-order valence-corrected chi connectivity index (χ0v) is 7.45. The van der Waals surface area contributed by atoms with Crippen LogP contribution in [-0.4, -0.2) is 22.6 Å². The van der Waals surface area contributed by atoms with E-state index in [1.54, 1.807) is 6.20 Å². The van der Waals surface area contributed by atoms with Gasteiger partial charge in [-0.1, -0.05) is 18.2 Å². The highest BCUT2D eigenvalue weighted by Crippen LogP contribution is 2.21. The average molecular weight is 190 g/mol. The standard InChI is InChI=1S/C10H10N2O2/c13-10(14)6-12-9-5-11-8-4-2-1-3-7(8)9/h1-5,11-12H,6H2,(H,13,14). The van der Waals surface area contributed by atoms with Crippen LogP contribution in [0.2, 0.25) is 0 Å². The highest BCUT2D eigenvalue weighted by atomic mass is 16.4. The molecule has 1 aromatic carbocycles. The van der Waals surface area contributed by atoms with Gasteiger partial charge in [0.05, 0.1) is 5.69 Å². The zero-order chi connectivity index (χ0) is 9.97. The molecule has 2 rings (SSSR count). The molecular formula is C10H10N2O2. The summed E-state index contributed by atoms with van der Waals surface area (Å²) in [5.41, 5.74) is 1.82. The third-order valence-electron chi connectivity index (χ3n) is 2.02. The predicted molar refractivity (Wildman–Crippen MR) is 54.4 cm³/mol. The molecule has 0 atom stereocenters. The molecule has 0 bridgehead atoms. The Balaban J connectivity index is 2.29. The van der Waals surface area contributed by atoms with Crippen LogP contribution in [0.25, 0.3) is 10.9 Å². The van der Waals surface area contributed by atoms with Gasteiger partial charge in [-0.3, -0.25) is 4.79 Å². The molecule has 0 aliphatic carbocycles. The number of hydrogen-bond acceptors (Lipinski definition) is 2. The minimum absolute atomic E-state index is 0.0676. The summed E-state index contributed by atoms with van der Waals surface area (Å²) in [5.74, 6) is -0.865. The molecule has 72 valence electrons. The molecule has 2 aromatic rings. The number of para-hydroxylation sites is 1. The Hall–Kier alpha value is -1.97. The van der Waals surface area contributed by atoms with Crippen LogP contribution in [0, 0.1) is 0 Å². The number of H-pyrrole nitrogens is 1. The summed E-state index contributed by atoms with van der Waals surface area (Å²) in [7, 11) is 0. The summed E-state index contributed by atoms with van der Waals surface area (Å²) < 4.78 is 0. The maximum absolute atomic E-state index is 10.4. The number of carboxylic acids is 1. The van der Waals surface area contributed by atoms with Crippen LogP contribution < -0.4 is 5.32 Å². The first-order chi connectivity index (χ1) is 6.77. The number of nitrogens with one attached hydrogen (secondary N) is 2. The molecule has 0 saturated heterocycles. The van der Waals surface area contributed by atoms with Crippen molar-refractivity contribution in [1.82, 2.24) is 4.98 Å². The lowest BCUT2D eigenvalue weighted by molar-refractivity contribution is -0.134. The van der Waals surface area contributed by atoms with Crippen molar-refractivity contribution in [3.05, 3.63) is 30.5 Å². The van der Waals surface area contributed by atoms with Crippen molar-refractivity contribution >= 4 is 22.6 Å². The van der Waals surface area contributed by atoms with Crippen molar-refractivity contribution in [3.63, 3.8) is 0 Å². The Bertz CT molecular complexity index is 462. The van der Waals surface area contributed by atoms with Gasteiger partial charge in [-0.05, 0) is 6.07 Å². The SMILES string of the molecule is O=C(O)CNc1c[nH]c2ccccc12. The quantitative estimate of drug-likeness (QED) is 0.689. The molecular weight excluding hydrogens is 180 g/mol. The molecule has 4 nitrogen and oxygen atoms in total. The van der Waals surface area contributed by atoms with Crippen molar-refractivity contribution < 1.29 is 9.90 Å². The molecule has 0 saturated carbocycles. The number of carboxylic acid groups (broad SMARTS) is 1. The molecule has 0 fully saturated rings. The Morgan fingerprint density at radius 2 is 2.21 bits per heavy atom. The third kappa shape index (κ3) is 1.54. The largest absolute Gasteiger partial charge is 0.480 e. The van der Waals surface area contributed by atoms with Crippen molar-refractivity contribution in [2.24, 2.45) is 0 Å². The molecule has 1 heterocycles. The molecule has 0 radical (unpaired) electrons. The first-order valence-electron chi connectivity index (χ1n) is 4.29. The number of fused-ring (bicyclic) bond motifs is 1. The van der Waals surface area contributed by atoms with Crippen LogP contribution in [0.1, 0.15) is 0 Å². The van der Waals surface area contributed by atoms with E-state index in [9.17, 15) is 4.79 Å². The van der Waals surface area contributed by atoms with Crippen molar-refractivity contribution in [2.45, 2.75) is 0 Å². The van der Waals surface area contributed by atoms with E-state index in [2.05, 4.69) is 10.3 Å². The zero-order valence-electron chi connectivity index (χ0n) is 7.45. The van der Waals surface area contributed by atoms with E-state index in [4.69, 9.17) is 5.11 Å². The van der Waals surface area contributed by atoms with Gasteiger partial charge in [0.15, 0.2) is 0 Å². The fourth-order valence-electron chi connectivity index (χ4n) is 1.39. The second-order valence-corrected chi connectivity index (χ2v) is 3.00. The summed E-state index contributed by atoms with van der Waals surface area (Å²) in [4.78, 5) is 13.4. The van der Waals surface area contributed by atoms with Gasteiger partial charge >= 0.3 is 5.97 Å². The van der Waals surface area contributed by atoms with Gasteiger partial charge < -0.3 is 15.4 Å². The van der Waals surface area contributed by atoms with E-state index in [0.717, 1.165) is 16.6 Å². The monoisotopic (exact) mass is 190 g/mol. The fraction of sp³-hybridized carbons (Fsp3) is 0.100. The van der Waals surface area contributed by atoms with E-state index in [0.29, 0.717) is 0 Å². The lowest BCUT2D eigenvalue weighted by atomic mass is 10.2. The molecule has 0 aliphatic rings. The van der Waals surface area contributed by atoms with Crippen LogP contribution in [0.3, 0.4) is 0 Å². The van der Waals surface area contributed by atoms with Gasteiger partial charge in [0.1, 0.15) is 6.54 Å². The first-order valence-corrected chi connectivity index (χ1v) is 4.29. The number of aliphatic carboxylic acids is 1. The van der Waals surface area contributed by atoms with Gasteiger partial charge in [0.2, 0.25) is 0 Å². The topological polar surface area (TPSA) is 65.1 Å². The molecule has 4 heteroatoms. The third-order valence-corrected chi connectivity index (χ3v) is 2.02. The number of anilines is 1. The minimum Gasteiger partial charge on any atom is -0.480 e. The number of rotatable bonds is 3. The van der Waals surface area contributed by atoms with Gasteiger partial charge in [0, 0.05) is 17.1 Å². The number of hydrogen-bond donors (Lipinski definition) is 3. The fourth-order valence-corrected chi connectivity index (χ4v) is 1.39. The van der Waals surface area contributed by atoms with Crippen molar-refractivity contribution in [3.8, 4) is 0 Å². The summed E-state index contributed by atoms with van der Waals surface area (Å²) >= 11 is 0. The van der Waals surface area contributed by atoms with E-state index >= 15 is 0 Å². The van der Waals surface area contributed by atoms with Gasteiger partial charge in [0.25, 0.3) is 0 Å². The van der Waals surface area contributed by atoms with Gasteiger partial charge in [-0.25, -0.2) is 0 Å². The average Bonchev–Trinajstić information content (AvgIpc) is 2.58. The lowest BCUT2D eigenvalue weighted by Gasteiger charge is -1.99. The summed E-state index contributed by atoms with van der Waals surface area (Å²) in [6, 6.07) is 7.74. The maximum Gasteiger partial charge on any atom is 0.322 e. The van der Waals surface area contributed by atoms with E-state index in [1.807, 2.05) is 24.3 Å². The van der Waals surface area contributed by atoms with E-state index in [1.165, 1.54) is 0 Å². The van der Waals surface area contributed by atoms with Crippen LogP contribution in [-0.2, 0) is 4.79 Å². The number of aromatic amines is 1. The summed E-state index contributed by atoms with van der Waals surface area (Å²) in [6.45, 7) is -0.0676. The highest BCUT2D eigenvalue weighted by molar-refractivity contribution is 5.93. The van der Waals surface area contributed by atoms with Crippen molar-refractivity contribution in [1.29, 1.82) is 0 Å². The highest BCUT2D eigenvalue weighted by Gasteiger charge is 2.02. The normalized spacial score (nSPS) is 10.3.